The van der Waals surface area contributed by atoms with Crippen molar-refractivity contribution in [3.63, 3.8) is 0 Å². The zero-order valence-electron chi connectivity index (χ0n) is 37.8. The van der Waals surface area contributed by atoms with Gasteiger partial charge >= 0.3 is 0 Å². The van der Waals surface area contributed by atoms with Gasteiger partial charge in [0.25, 0.3) is 0 Å². The Morgan fingerprint density at radius 3 is 0.711 bits per heavy atom. The fraction of sp³-hybridized carbons (Fsp3) is 0.200. The minimum absolute atomic E-state index is 0.366. The predicted molar refractivity (Wildman–Crippen MR) is 228 cm³/mol. The summed E-state index contributed by atoms with van der Waals surface area (Å²) in [5.74, 6) is -57.7. The van der Waals surface area contributed by atoms with E-state index in [4.69, 9.17) is 0 Å². The molecular weight excluding hydrogens is 1060 g/mol. The van der Waals surface area contributed by atoms with Gasteiger partial charge in [-0.05, 0) is 38.4 Å². The van der Waals surface area contributed by atoms with E-state index in [0.717, 1.165) is 12.1 Å². The Morgan fingerprint density at radius 1 is 0.276 bits per heavy atom. The molecule has 11 rings (SSSR count). The van der Waals surface area contributed by atoms with Crippen molar-refractivity contribution >= 4 is 22.1 Å². The SMILES string of the molecule is CN1C[C@@H]2c3nc(c(-c4c(F)c(F)c(F)c(F)c4F)c4nc(c(-c5c(F)c(F)c(F)c(F)c5F)c5ccc([nH]5)c(-c5c(F)c(F)c(F)c(F)c5F)c5ccc([nH]5)c3-c3c(F)c(F)c(F)c(F)c3F)[C@H]3CN(C)C[C@@H]43)[C@@H]2C1. The van der Waals surface area contributed by atoms with Crippen LogP contribution in [0.25, 0.3) is 66.6 Å². The zero-order chi connectivity index (χ0) is 54.7. The lowest BCUT2D eigenvalue weighted by molar-refractivity contribution is 0.380. The molecule has 76 heavy (non-hydrogen) atoms. The number of hydrogen-bond acceptors (Lipinski definition) is 4. The first kappa shape index (κ1) is 50.7. The minimum atomic E-state index is -2.69. The van der Waals surface area contributed by atoms with Crippen molar-refractivity contribution in [3.8, 4) is 44.5 Å². The lowest BCUT2D eigenvalue weighted by atomic mass is 9.83. The number of H-pyrrole nitrogens is 2. The van der Waals surface area contributed by atoms with Crippen LogP contribution >= 0.6 is 0 Å². The second-order valence-electron chi connectivity index (χ2n) is 18.5. The maximum atomic E-state index is 16.6. The third-order valence-corrected chi connectivity index (χ3v) is 14.2. The van der Waals surface area contributed by atoms with E-state index in [2.05, 4.69) is 19.9 Å². The Hall–Kier alpha value is -7.48. The Kier molecular flexibility index (Phi) is 11.7. The number of likely N-dealkylation sites (N-methyl/N-ethyl adjacent to an activating group) is 2. The number of likely N-dealkylation sites (tertiary alicyclic amines) is 2. The van der Waals surface area contributed by atoms with Gasteiger partial charge in [0.2, 0.25) is 23.3 Å². The maximum Gasteiger partial charge on any atom is 0.200 e. The summed E-state index contributed by atoms with van der Waals surface area (Å²) in [5.41, 5.74) is -18.2. The summed E-state index contributed by atoms with van der Waals surface area (Å²) < 4.78 is 313. The molecule has 2 fully saturated rings. The lowest BCUT2D eigenvalue weighted by Gasteiger charge is -2.18. The molecule has 0 unspecified atom stereocenters. The molecule has 0 spiro atoms. The number of rotatable bonds is 4. The summed E-state index contributed by atoms with van der Waals surface area (Å²) in [6.45, 7) is -1.47. The normalized spacial score (nSPS) is 18.6. The molecule has 26 heteroatoms. The number of hydrogen-bond donors (Lipinski definition) is 2. The highest BCUT2D eigenvalue weighted by Crippen LogP contribution is 2.55. The van der Waals surface area contributed by atoms with Crippen LogP contribution in [0.2, 0.25) is 0 Å². The summed E-state index contributed by atoms with van der Waals surface area (Å²) in [6.07, 6.45) is 0. The van der Waals surface area contributed by atoms with Crippen LogP contribution in [-0.2, 0) is 0 Å². The van der Waals surface area contributed by atoms with Crippen molar-refractivity contribution in [1.29, 1.82) is 0 Å². The van der Waals surface area contributed by atoms with Gasteiger partial charge in [0.1, 0.15) is 0 Å². The quantitative estimate of drug-likeness (QED) is 0.105. The van der Waals surface area contributed by atoms with Gasteiger partial charge in [0.15, 0.2) is 93.1 Å². The molecule has 8 bridgehead atoms. The van der Waals surface area contributed by atoms with Crippen LogP contribution in [0.15, 0.2) is 24.3 Å². The van der Waals surface area contributed by atoms with Crippen LogP contribution in [0.4, 0.5) is 87.8 Å². The Balaban J connectivity index is 1.48. The minimum Gasteiger partial charge on any atom is -0.354 e. The first-order chi connectivity index (χ1) is 35.9. The van der Waals surface area contributed by atoms with Crippen LogP contribution in [0.5, 0.6) is 0 Å². The van der Waals surface area contributed by atoms with Crippen molar-refractivity contribution in [2.24, 2.45) is 0 Å². The Bertz CT molecular complexity index is 3650. The van der Waals surface area contributed by atoms with Crippen LogP contribution in [0, 0.1) is 116 Å². The van der Waals surface area contributed by atoms with E-state index in [1.54, 1.807) is 0 Å². The van der Waals surface area contributed by atoms with Gasteiger partial charge < -0.3 is 19.8 Å². The standard InChI is InChI=1S/C50H24F20N6/c1-75-7-11-13(9-75)49-26(25-33(57)41(65)46(70)42(66)34(25)58)50-14-10-76(2)8-12(14)48(74-50)21(24-31(55)39(63)45(69)40(64)32(24)56)18-6-4-16(72-18)19(22-27(51)35(59)43(67)36(60)28(22)52)15-3-5-17(71-15)20(47(11)73-49)23-29(53)37(61)44(68)38(62)30(23)54/h3-6,11-14,71-72H,7-10H2,1-2H3/t11-,12-,13+,14+/m0/s1. The van der Waals surface area contributed by atoms with Gasteiger partial charge in [-0.25, -0.2) is 87.8 Å². The van der Waals surface area contributed by atoms with Crippen molar-refractivity contribution in [2.45, 2.75) is 23.7 Å². The van der Waals surface area contributed by atoms with Crippen molar-refractivity contribution in [3.05, 3.63) is 163 Å². The first-order valence-corrected chi connectivity index (χ1v) is 22.1. The van der Waals surface area contributed by atoms with Gasteiger partial charge in [0, 0.05) is 94.2 Å². The lowest BCUT2D eigenvalue weighted by Crippen LogP contribution is -2.17. The zero-order valence-corrected chi connectivity index (χ0v) is 37.8. The summed E-state index contributed by atoms with van der Waals surface area (Å²) in [5, 5.41) is 0. The van der Waals surface area contributed by atoms with Gasteiger partial charge in [0.05, 0.1) is 45.0 Å². The van der Waals surface area contributed by atoms with E-state index in [9.17, 15) is 17.6 Å². The van der Waals surface area contributed by atoms with E-state index in [-0.39, 0.29) is 26.2 Å². The number of aromatic nitrogens is 4. The van der Waals surface area contributed by atoms with Gasteiger partial charge in [-0.1, -0.05) is 0 Å². The third kappa shape index (κ3) is 6.96. The highest BCUT2D eigenvalue weighted by Gasteiger charge is 2.49. The molecule has 4 aliphatic heterocycles. The Morgan fingerprint density at radius 2 is 0.461 bits per heavy atom. The third-order valence-electron chi connectivity index (χ3n) is 14.2. The number of nitrogens with one attached hydrogen (secondary N) is 2. The molecule has 4 aliphatic rings. The monoisotopic (exact) mass is 1090 g/mol. The molecule has 3 aromatic heterocycles. The molecule has 0 saturated carbocycles. The smallest absolute Gasteiger partial charge is 0.200 e. The molecule has 0 radical (unpaired) electrons. The molecule has 6 nitrogen and oxygen atoms in total. The van der Waals surface area contributed by atoms with Crippen LogP contribution in [-0.4, -0.2) is 70.0 Å². The van der Waals surface area contributed by atoms with E-state index < -0.39 is 229 Å². The van der Waals surface area contributed by atoms with E-state index in [1.165, 1.54) is 23.9 Å². The average Bonchev–Trinajstić information content (AvgIpc) is 4.35. The number of fused-ring (bicyclic) bond motifs is 14. The van der Waals surface area contributed by atoms with Crippen molar-refractivity contribution in [1.82, 2.24) is 29.7 Å². The first-order valence-electron chi connectivity index (χ1n) is 22.1. The molecule has 4 aromatic carbocycles. The van der Waals surface area contributed by atoms with E-state index in [1.807, 2.05) is 0 Å². The molecule has 7 heterocycles. The Labute approximate surface area is 410 Å². The van der Waals surface area contributed by atoms with Crippen LogP contribution in [0.3, 0.4) is 0 Å². The van der Waals surface area contributed by atoms with E-state index in [0.29, 0.717) is 12.1 Å². The molecule has 0 amide bonds. The summed E-state index contributed by atoms with van der Waals surface area (Å²) in [4.78, 5) is 16.6. The van der Waals surface area contributed by atoms with Gasteiger partial charge in [-0.15, -0.1) is 0 Å². The molecule has 2 saturated heterocycles. The molecule has 0 aliphatic carbocycles. The summed E-state index contributed by atoms with van der Waals surface area (Å²) in [6, 6.07) is 2.89. The second-order valence-corrected chi connectivity index (χ2v) is 18.5. The highest BCUT2D eigenvalue weighted by molar-refractivity contribution is 5.97. The van der Waals surface area contributed by atoms with Crippen molar-refractivity contribution < 1.29 is 87.8 Å². The highest BCUT2D eigenvalue weighted by atomic mass is 19.2. The van der Waals surface area contributed by atoms with Crippen LogP contribution in [0.1, 0.15) is 46.4 Å². The fourth-order valence-corrected chi connectivity index (χ4v) is 10.9. The fourth-order valence-electron chi connectivity index (χ4n) is 10.9. The molecule has 2 N–H and O–H groups in total. The second kappa shape index (κ2) is 17.5. The van der Waals surface area contributed by atoms with Crippen molar-refractivity contribution in [2.75, 3.05) is 40.3 Å². The molecular formula is C50H24F20N6. The maximum absolute atomic E-state index is 16.6. The number of nitrogens with zero attached hydrogens (tertiary/aromatic N) is 4. The predicted octanol–water partition coefficient (Wildman–Crippen LogP) is 13.4. The topological polar surface area (TPSA) is 63.8 Å². The van der Waals surface area contributed by atoms with Gasteiger partial charge in [-0.2, -0.15) is 0 Å². The van der Waals surface area contributed by atoms with E-state index >= 15 is 70.2 Å². The molecule has 4 atom stereocenters. The number of halogens is 20. The average molecular weight is 1090 g/mol. The largest absolute Gasteiger partial charge is 0.354 e. The summed E-state index contributed by atoms with van der Waals surface area (Å²) >= 11 is 0. The summed E-state index contributed by atoms with van der Waals surface area (Å²) in [7, 11) is 2.76. The number of benzene rings is 4. The molecule has 394 valence electrons. The molecule has 7 aromatic rings. The number of aromatic amines is 2. The van der Waals surface area contributed by atoms with Crippen LogP contribution < -0.4 is 0 Å². The van der Waals surface area contributed by atoms with Gasteiger partial charge in [-0.3, -0.25) is 9.97 Å².